The first-order valence-electron chi connectivity index (χ1n) is 9.51. The molecule has 3 heteroatoms. The molecule has 0 atom stereocenters. The monoisotopic (exact) mass is 316 g/mol. The molecule has 1 saturated heterocycles. The van der Waals surface area contributed by atoms with Gasteiger partial charge >= 0.3 is 0 Å². The summed E-state index contributed by atoms with van der Waals surface area (Å²) in [6.45, 7) is 7.65. The van der Waals surface area contributed by atoms with Gasteiger partial charge in [-0.25, -0.2) is 0 Å². The maximum absolute atomic E-state index is 6.31. The molecule has 1 heterocycles. The van der Waals surface area contributed by atoms with Crippen molar-refractivity contribution < 1.29 is 4.84 Å². The molecule has 2 aliphatic rings. The number of benzene rings is 1. The first-order valence-corrected chi connectivity index (χ1v) is 9.51. The number of para-hydroxylation sites is 1. The molecule has 0 spiro atoms. The highest BCUT2D eigenvalue weighted by Gasteiger charge is 2.18. The Morgan fingerprint density at radius 1 is 1.04 bits per heavy atom. The first-order chi connectivity index (χ1) is 11.3. The predicted octanol–water partition coefficient (Wildman–Crippen LogP) is 4.41. The van der Waals surface area contributed by atoms with E-state index in [2.05, 4.69) is 41.2 Å². The molecule has 0 N–H and O–H groups in total. The Bertz CT molecular complexity index is 464. The van der Waals surface area contributed by atoms with Crippen molar-refractivity contribution in [1.29, 1.82) is 0 Å². The number of aryl methyl sites for hydroxylation is 1. The van der Waals surface area contributed by atoms with Crippen LogP contribution in [0.15, 0.2) is 24.3 Å². The molecular weight excluding hydrogens is 284 g/mol. The summed E-state index contributed by atoms with van der Waals surface area (Å²) in [5.41, 5.74) is 2.54. The largest absolute Gasteiger partial charge is 0.301 e. The minimum absolute atomic E-state index is 0.752. The van der Waals surface area contributed by atoms with Crippen molar-refractivity contribution >= 4 is 5.69 Å². The Balaban J connectivity index is 1.58. The molecule has 0 bridgehead atoms. The average Bonchev–Trinajstić information content (AvgIpc) is 3.10. The predicted molar refractivity (Wildman–Crippen MR) is 96.7 cm³/mol. The van der Waals surface area contributed by atoms with E-state index in [9.17, 15) is 0 Å². The zero-order valence-electron chi connectivity index (χ0n) is 14.7. The normalized spacial score (nSPS) is 20.0. The van der Waals surface area contributed by atoms with Crippen molar-refractivity contribution in [3.63, 3.8) is 0 Å². The zero-order chi connectivity index (χ0) is 15.9. The molecule has 1 aromatic carbocycles. The molecule has 0 aromatic heterocycles. The summed E-state index contributed by atoms with van der Waals surface area (Å²) in [5.74, 6) is 0.752. The third-order valence-corrected chi connectivity index (χ3v) is 5.39. The fourth-order valence-corrected chi connectivity index (χ4v) is 3.89. The van der Waals surface area contributed by atoms with Crippen LogP contribution < -0.4 is 5.06 Å². The van der Waals surface area contributed by atoms with E-state index in [-0.39, 0.29) is 0 Å². The van der Waals surface area contributed by atoms with Crippen molar-refractivity contribution in [3.8, 4) is 0 Å². The molecule has 2 fully saturated rings. The second-order valence-electron chi connectivity index (χ2n) is 7.24. The van der Waals surface area contributed by atoms with Crippen molar-refractivity contribution in [2.75, 3.05) is 37.8 Å². The lowest BCUT2D eigenvalue weighted by Gasteiger charge is -2.30. The van der Waals surface area contributed by atoms with E-state index < -0.39 is 0 Å². The summed E-state index contributed by atoms with van der Waals surface area (Å²) >= 11 is 0. The summed E-state index contributed by atoms with van der Waals surface area (Å²) in [6, 6.07) is 8.61. The highest BCUT2D eigenvalue weighted by Crippen LogP contribution is 2.26. The summed E-state index contributed by atoms with van der Waals surface area (Å²) < 4.78 is 0. The second-order valence-corrected chi connectivity index (χ2v) is 7.24. The maximum Gasteiger partial charge on any atom is 0.0776 e. The van der Waals surface area contributed by atoms with Gasteiger partial charge in [-0.1, -0.05) is 37.5 Å². The molecule has 0 amide bonds. The molecule has 0 radical (unpaired) electrons. The van der Waals surface area contributed by atoms with Crippen LogP contribution >= 0.6 is 0 Å². The highest BCUT2D eigenvalue weighted by atomic mass is 16.7. The van der Waals surface area contributed by atoms with Gasteiger partial charge in [0.05, 0.1) is 18.8 Å². The van der Waals surface area contributed by atoms with E-state index in [4.69, 9.17) is 4.84 Å². The fraction of sp³-hybridized carbons (Fsp3) is 0.700. The molecule has 1 aromatic rings. The van der Waals surface area contributed by atoms with E-state index in [1.807, 2.05) is 0 Å². The third kappa shape index (κ3) is 4.95. The van der Waals surface area contributed by atoms with Gasteiger partial charge in [0.15, 0.2) is 0 Å². The Labute approximate surface area is 141 Å². The molecule has 1 aliphatic carbocycles. The van der Waals surface area contributed by atoms with Crippen LogP contribution in [0.2, 0.25) is 0 Å². The van der Waals surface area contributed by atoms with Gasteiger partial charge in [-0.3, -0.25) is 9.90 Å². The quantitative estimate of drug-likeness (QED) is 0.693. The SMILES string of the molecule is Cc1ccccc1N(CCN1CCCC1)OCC1CCCCC1. The fourth-order valence-electron chi connectivity index (χ4n) is 3.89. The number of hydrogen-bond acceptors (Lipinski definition) is 3. The molecule has 0 unspecified atom stereocenters. The minimum atomic E-state index is 0.752. The Hall–Kier alpha value is -1.06. The van der Waals surface area contributed by atoms with Gasteiger partial charge in [0.25, 0.3) is 0 Å². The molecule has 1 saturated carbocycles. The standard InChI is InChI=1S/C20H32N2O/c1-18-9-5-6-12-20(18)22(16-15-21-13-7-8-14-21)23-17-19-10-3-2-4-11-19/h5-6,9,12,19H,2-4,7-8,10-11,13-17H2,1H3. The van der Waals surface area contributed by atoms with E-state index in [1.54, 1.807) is 0 Å². The van der Waals surface area contributed by atoms with Gasteiger partial charge < -0.3 is 4.90 Å². The second kappa shape index (κ2) is 8.70. The Kier molecular flexibility index (Phi) is 6.35. The van der Waals surface area contributed by atoms with Crippen molar-refractivity contribution in [2.45, 2.75) is 51.9 Å². The van der Waals surface area contributed by atoms with Crippen molar-refractivity contribution in [2.24, 2.45) is 5.92 Å². The maximum atomic E-state index is 6.31. The van der Waals surface area contributed by atoms with E-state index in [0.717, 1.165) is 25.6 Å². The van der Waals surface area contributed by atoms with Crippen LogP contribution in [0, 0.1) is 12.8 Å². The zero-order valence-corrected chi connectivity index (χ0v) is 14.7. The van der Waals surface area contributed by atoms with Gasteiger partial charge in [0.1, 0.15) is 0 Å². The lowest BCUT2D eigenvalue weighted by Crippen LogP contribution is -2.35. The van der Waals surface area contributed by atoms with Crippen LogP contribution in [-0.4, -0.2) is 37.7 Å². The summed E-state index contributed by atoms with van der Waals surface area (Å²) in [4.78, 5) is 8.88. The van der Waals surface area contributed by atoms with Gasteiger partial charge in [0.2, 0.25) is 0 Å². The summed E-state index contributed by atoms with van der Waals surface area (Å²) in [6.07, 6.45) is 9.56. The molecular formula is C20H32N2O. The van der Waals surface area contributed by atoms with E-state index in [1.165, 1.54) is 69.3 Å². The Morgan fingerprint density at radius 2 is 1.78 bits per heavy atom. The number of nitrogens with zero attached hydrogens (tertiary/aromatic N) is 2. The molecule has 128 valence electrons. The minimum Gasteiger partial charge on any atom is -0.301 e. The molecule has 3 rings (SSSR count). The molecule has 1 aliphatic heterocycles. The van der Waals surface area contributed by atoms with E-state index in [0.29, 0.717) is 0 Å². The lowest BCUT2D eigenvalue weighted by molar-refractivity contribution is 0.0614. The highest BCUT2D eigenvalue weighted by molar-refractivity contribution is 5.50. The van der Waals surface area contributed by atoms with E-state index >= 15 is 0 Å². The van der Waals surface area contributed by atoms with Crippen LogP contribution in [0.5, 0.6) is 0 Å². The van der Waals surface area contributed by atoms with Gasteiger partial charge in [0, 0.05) is 6.54 Å². The average molecular weight is 316 g/mol. The summed E-state index contributed by atoms with van der Waals surface area (Å²) in [7, 11) is 0. The van der Waals surface area contributed by atoms with Crippen LogP contribution in [-0.2, 0) is 4.84 Å². The third-order valence-electron chi connectivity index (χ3n) is 5.39. The smallest absolute Gasteiger partial charge is 0.0776 e. The number of anilines is 1. The van der Waals surface area contributed by atoms with Crippen LogP contribution in [0.25, 0.3) is 0 Å². The van der Waals surface area contributed by atoms with Crippen LogP contribution in [0.1, 0.15) is 50.5 Å². The van der Waals surface area contributed by atoms with Gasteiger partial charge in [-0.2, -0.15) is 0 Å². The number of hydroxylamine groups is 1. The first kappa shape index (κ1) is 16.8. The number of likely N-dealkylation sites (tertiary alicyclic amines) is 1. The molecule has 23 heavy (non-hydrogen) atoms. The Morgan fingerprint density at radius 3 is 2.52 bits per heavy atom. The summed E-state index contributed by atoms with van der Waals surface area (Å²) in [5, 5.41) is 2.17. The molecule has 3 nitrogen and oxygen atoms in total. The van der Waals surface area contributed by atoms with Crippen LogP contribution in [0.3, 0.4) is 0 Å². The van der Waals surface area contributed by atoms with Crippen molar-refractivity contribution in [1.82, 2.24) is 4.90 Å². The number of hydrogen-bond donors (Lipinski definition) is 0. The van der Waals surface area contributed by atoms with Crippen molar-refractivity contribution in [3.05, 3.63) is 29.8 Å². The lowest BCUT2D eigenvalue weighted by atomic mass is 9.90. The van der Waals surface area contributed by atoms with Gasteiger partial charge in [-0.05, 0) is 63.2 Å². The van der Waals surface area contributed by atoms with Gasteiger partial charge in [-0.15, -0.1) is 0 Å². The number of rotatable bonds is 7. The van der Waals surface area contributed by atoms with Crippen LogP contribution in [0.4, 0.5) is 5.69 Å². The topological polar surface area (TPSA) is 15.7 Å².